The van der Waals surface area contributed by atoms with Gasteiger partial charge in [0.05, 0.1) is 12.2 Å². The van der Waals surface area contributed by atoms with Crippen molar-refractivity contribution in [2.45, 2.75) is 39.5 Å². The lowest BCUT2D eigenvalue weighted by Crippen LogP contribution is -2.16. The predicted octanol–water partition coefficient (Wildman–Crippen LogP) is 3.98. The molecule has 0 saturated heterocycles. The quantitative estimate of drug-likeness (QED) is 0.620. The van der Waals surface area contributed by atoms with Crippen molar-refractivity contribution < 1.29 is 23.9 Å². The topological polar surface area (TPSA) is 81.7 Å². The Morgan fingerprint density at radius 3 is 2.70 bits per heavy atom. The molecule has 1 amide bonds. The van der Waals surface area contributed by atoms with Crippen LogP contribution in [0.3, 0.4) is 0 Å². The molecule has 6 nitrogen and oxygen atoms in total. The van der Waals surface area contributed by atoms with Gasteiger partial charge in [-0.3, -0.25) is 9.59 Å². The fourth-order valence-electron chi connectivity index (χ4n) is 3.12. The molecule has 7 heteroatoms. The number of nitrogens with one attached hydrogen (secondary N) is 1. The van der Waals surface area contributed by atoms with Crippen LogP contribution >= 0.6 is 11.3 Å². The lowest BCUT2D eigenvalue weighted by molar-refractivity contribution is -0.131. The highest BCUT2D eigenvalue weighted by Crippen LogP contribution is 2.38. The van der Waals surface area contributed by atoms with Crippen LogP contribution < -0.4 is 10.1 Å². The third-order valence-corrected chi connectivity index (χ3v) is 5.44. The van der Waals surface area contributed by atoms with Crippen molar-refractivity contribution in [2.24, 2.45) is 0 Å². The number of hydrogen-bond acceptors (Lipinski definition) is 6. The average molecular weight is 387 g/mol. The number of amides is 1. The van der Waals surface area contributed by atoms with Crippen molar-refractivity contribution in [3.8, 4) is 5.75 Å². The molecule has 27 heavy (non-hydrogen) atoms. The highest BCUT2D eigenvalue weighted by atomic mass is 32.1. The van der Waals surface area contributed by atoms with Gasteiger partial charge in [-0.2, -0.15) is 0 Å². The molecule has 0 aliphatic heterocycles. The van der Waals surface area contributed by atoms with Crippen LogP contribution in [0, 0.1) is 0 Å². The van der Waals surface area contributed by atoms with E-state index in [0.717, 1.165) is 36.1 Å². The molecule has 1 aromatic heterocycles. The number of fused-ring (bicyclic) bond motifs is 1. The molecule has 1 aliphatic carbocycles. The number of hydrogen-bond donors (Lipinski definition) is 1. The third-order valence-electron chi connectivity index (χ3n) is 4.24. The SMILES string of the molecule is CCOC(=O)c1c(NC(=O)c2cccc(OC(C)=O)c2)sc2c1CCCC2. The number of rotatable bonds is 5. The van der Waals surface area contributed by atoms with E-state index in [2.05, 4.69) is 5.32 Å². The Bertz CT molecular complexity index is 886. The highest BCUT2D eigenvalue weighted by molar-refractivity contribution is 7.17. The zero-order valence-corrected chi connectivity index (χ0v) is 16.1. The Balaban J connectivity index is 1.88. The second kappa shape index (κ2) is 8.35. The van der Waals surface area contributed by atoms with Gasteiger partial charge in [-0.15, -0.1) is 11.3 Å². The molecule has 1 aromatic carbocycles. The molecular formula is C20H21NO5S. The van der Waals surface area contributed by atoms with Crippen LogP contribution in [0.2, 0.25) is 0 Å². The molecule has 1 N–H and O–H groups in total. The first-order chi connectivity index (χ1) is 13.0. The van der Waals surface area contributed by atoms with Gasteiger partial charge in [-0.1, -0.05) is 6.07 Å². The van der Waals surface area contributed by atoms with Gasteiger partial charge in [0.2, 0.25) is 0 Å². The van der Waals surface area contributed by atoms with Crippen molar-refractivity contribution in [2.75, 3.05) is 11.9 Å². The molecule has 0 fully saturated rings. The van der Waals surface area contributed by atoms with E-state index < -0.39 is 11.9 Å². The molecule has 1 aliphatic rings. The van der Waals surface area contributed by atoms with Crippen LogP contribution in [-0.2, 0) is 22.4 Å². The zero-order valence-electron chi connectivity index (χ0n) is 15.3. The van der Waals surface area contributed by atoms with Crippen LogP contribution in [0.25, 0.3) is 0 Å². The number of thiophene rings is 1. The molecule has 0 saturated carbocycles. The lowest BCUT2D eigenvalue weighted by atomic mass is 9.95. The largest absolute Gasteiger partial charge is 0.462 e. The van der Waals surface area contributed by atoms with E-state index in [1.54, 1.807) is 25.1 Å². The fraction of sp³-hybridized carbons (Fsp3) is 0.350. The first-order valence-corrected chi connectivity index (χ1v) is 9.72. The van der Waals surface area contributed by atoms with E-state index >= 15 is 0 Å². The normalized spacial score (nSPS) is 12.8. The highest BCUT2D eigenvalue weighted by Gasteiger charge is 2.27. The van der Waals surface area contributed by atoms with Crippen LogP contribution in [0.15, 0.2) is 24.3 Å². The molecule has 0 atom stereocenters. The van der Waals surface area contributed by atoms with Gasteiger partial charge >= 0.3 is 11.9 Å². The van der Waals surface area contributed by atoms with Gasteiger partial charge in [0.1, 0.15) is 10.8 Å². The summed E-state index contributed by atoms with van der Waals surface area (Å²) in [6, 6.07) is 6.36. The number of ether oxygens (including phenoxy) is 2. The molecule has 1 heterocycles. The summed E-state index contributed by atoms with van der Waals surface area (Å²) in [6.45, 7) is 3.34. The monoisotopic (exact) mass is 387 g/mol. The Morgan fingerprint density at radius 1 is 1.19 bits per heavy atom. The molecular weight excluding hydrogens is 366 g/mol. The Hall–Kier alpha value is -2.67. The number of benzene rings is 1. The van der Waals surface area contributed by atoms with Crippen molar-refractivity contribution in [1.29, 1.82) is 0 Å². The van der Waals surface area contributed by atoms with Crippen molar-refractivity contribution >= 4 is 34.2 Å². The summed E-state index contributed by atoms with van der Waals surface area (Å²) < 4.78 is 10.2. The minimum atomic E-state index is -0.455. The van der Waals surface area contributed by atoms with Crippen LogP contribution in [0.5, 0.6) is 5.75 Å². The van der Waals surface area contributed by atoms with E-state index in [9.17, 15) is 14.4 Å². The number of carbonyl (C=O) groups excluding carboxylic acids is 3. The summed E-state index contributed by atoms with van der Waals surface area (Å²) in [6.07, 6.45) is 3.82. The minimum absolute atomic E-state index is 0.279. The summed E-state index contributed by atoms with van der Waals surface area (Å²) in [5, 5.41) is 3.36. The van der Waals surface area contributed by atoms with Crippen LogP contribution in [-0.4, -0.2) is 24.5 Å². The van der Waals surface area contributed by atoms with Crippen LogP contribution in [0.1, 0.15) is 57.8 Å². The molecule has 0 bridgehead atoms. The summed E-state index contributed by atoms with van der Waals surface area (Å²) >= 11 is 1.44. The molecule has 0 radical (unpaired) electrons. The molecule has 142 valence electrons. The second-order valence-corrected chi connectivity index (χ2v) is 7.32. The molecule has 0 spiro atoms. The number of anilines is 1. The van der Waals surface area contributed by atoms with Crippen molar-refractivity contribution in [3.05, 3.63) is 45.8 Å². The maximum Gasteiger partial charge on any atom is 0.341 e. The van der Waals surface area contributed by atoms with Crippen molar-refractivity contribution in [3.63, 3.8) is 0 Å². The van der Waals surface area contributed by atoms with Crippen LogP contribution in [0.4, 0.5) is 5.00 Å². The first kappa shape index (κ1) is 19.1. The van der Waals surface area contributed by atoms with Gasteiger partial charge in [-0.25, -0.2) is 4.79 Å². The zero-order chi connectivity index (χ0) is 19.4. The number of esters is 2. The minimum Gasteiger partial charge on any atom is -0.462 e. The standard InChI is InChI=1S/C20H21NO5S/c1-3-25-20(24)17-15-9-4-5-10-16(15)27-19(17)21-18(23)13-7-6-8-14(11-13)26-12(2)22/h6-8,11H,3-5,9-10H2,1-2H3,(H,21,23). The maximum atomic E-state index is 12.7. The Labute approximate surface area is 161 Å². The summed E-state index contributed by atoms with van der Waals surface area (Å²) in [7, 11) is 0. The van der Waals surface area contributed by atoms with Gasteiger partial charge < -0.3 is 14.8 Å². The van der Waals surface area contributed by atoms with Gasteiger partial charge in [-0.05, 0) is 56.4 Å². The first-order valence-electron chi connectivity index (χ1n) is 8.91. The van der Waals surface area contributed by atoms with E-state index in [1.165, 1.54) is 24.3 Å². The Morgan fingerprint density at radius 2 is 1.96 bits per heavy atom. The smallest absolute Gasteiger partial charge is 0.341 e. The van der Waals surface area contributed by atoms with Crippen molar-refractivity contribution in [1.82, 2.24) is 0 Å². The van der Waals surface area contributed by atoms with E-state index in [0.29, 0.717) is 21.9 Å². The Kier molecular flexibility index (Phi) is 5.91. The van der Waals surface area contributed by atoms with E-state index in [1.807, 2.05) is 0 Å². The lowest BCUT2D eigenvalue weighted by Gasteiger charge is -2.12. The fourth-order valence-corrected chi connectivity index (χ4v) is 4.39. The van der Waals surface area contributed by atoms with Gasteiger partial charge in [0.25, 0.3) is 5.91 Å². The summed E-state index contributed by atoms with van der Waals surface area (Å²) in [5.74, 6) is -0.927. The molecule has 0 unspecified atom stereocenters. The van der Waals surface area contributed by atoms with E-state index in [4.69, 9.17) is 9.47 Å². The molecule has 2 aromatic rings. The van der Waals surface area contributed by atoms with Gasteiger partial charge in [0, 0.05) is 17.4 Å². The summed E-state index contributed by atoms with van der Waals surface area (Å²) in [5.41, 5.74) is 1.81. The number of aryl methyl sites for hydroxylation is 1. The maximum absolute atomic E-state index is 12.7. The third kappa shape index (κ3) is 4.36. The second-order valence-electron chi connectivity index (χ2n) is 6.21. The van der Waals surface area contributed by atoms with E-state index in [-0.39, 0.29) is 12.5 Å². The predicted molar refractivity (Wildman–Crippen MR) is 103 cm³/mol. The summed E-state index contributed by atoms with van der Waals surface area (Å²) in [4.78, 5) is 37.4. The number of carbonyl (C=O) groups is 3. The molecule has 3 rings (SSSR count). The van der Waals surface area contributed by atoms with Gasteiger partial charge in [0.15, 0.2) is 0 Å². The average Bonchev–Trinajstić information content (AvgIpc) is 2.99.